The summed E-state index contributed by atoms with van der Waals surface area (Å²) in [7, 11) is 0. The number of carbonyl (C=O) groups excluding carboxylic acids is 1. The Balaban J connectivity index is 1.58. The van der Waals surface area contributed by atoms with E-state index in [9.17, 15) is 13.6 Å². The van der Waals surface area contributed by atoms with E-state index >= 15 is 0 Å². The molecule has 0 atom stereocenters. The molecular weight excluding hydrogens is 308 g/mol. The van der Waals surface area contributed by atoms with Crippen molar-refractivity contribution in [3.8, 4) is 17.2 Å². The molecule has 5 nitrogen and oxygen atoms in total. The number of hydrogen-bond acceptors (Lipinski definition) is 4. The van der Waals surface area contributed by atoms with Crippen LogP contribution in [0.2, 0.25) is 0 Å². The first-order chi connectivity index (χ1) is 11.1. The maximum atomic E-state index is 12.1. The second kappa shape index (κ2) is 6.51. The lowest BCUT2D eigenvalue weighted by Crippen LogP contribution is -2.14. The first-order valence-corrected chi connectivity index (χ1v) is 6.83. The fourth-order valence-electron chi connectivity index (χ4n) is 2.15. The Morgan fingerprint density at radius 2 is 1.87 bits per heavy atom. The van der Waals surface area contributed by atoms with Crippen molar-refractivity contribution >= 4 is 11.6 Å². The monoisotopic (exact) mass is 321 g/mol. The highest BCUT2D eigenvalue weighted by Gasteiger charge is 2.14. The summed E-state index contributed by atoms with van der Waals surface area (Å²) in [5, 5.41) is 2.74. The van der Waals surface area contributed by atoms with Gasteiger partial charge in [0.15, 0.2) is 11.5 Å². The number of ether oxygens (including phenoxy) is 3. The molecule has 1 amide bonds. The van der Waals surface area contributed by atoms with Gasteiger partial charge in [-0.3, -0.25) is 4.79 Å². The lowest BCUT2D eigenvalue weighted by atomic mass is 10.1. The molecule has 3 rings (SSSR count). The summed E-state index contributed by atoms with van der Waals surface area (Å²) in [6.45, 7) is -2.70. The minimum Gasteiger partial charge on any atom is -0.454 e. The molecule has 7 heteroatoms. The Kier molecular flexibility index (Phi) is 4.27. The molecule has 23 heavy (non-hydrogen) atoms. The number of nitrogens with one attached hydrogen (secondary N) is 1. The summed E-state index contributed by atoms with van der Waals surface area (Å²) in [6.07, 6.45) is 0.114. The van der Waals surface area contributed by atoms with Crippen molar-refractivity contribution in [1.82, 2.24) is 0 Å². The highest BCUT2D eigenvalue weighted by Crippen LogP contribution is 2.34. The van der Waals surface area contributed by atoms with Gasteiger partial charge in [0, 0.05) is 11.8 Å². The first kappa shape index (κ1) is 15.1. The van der Waals surface area contributed by atoms with Gasteiger partial charge in [0.2, 0.25) is 12.7 Å². The smallest absolute Gasteiger partial charge is 0.387 e. The largest absolute Gasteiger partial charge is 0.454 e. The highest BCUT2D eigenvalue weighted by atomic mass is 19.3. The van der Waals surface area contributed by atoms with Crippen molar-refractivity contribution in [3.63, 3.8) is 0 Å². The molecule has 0 fully saturated rings. The lowest BCUT2D eigenvalue weighted by molar-refractivity contribution is -0.115. The van der Waals surface area contributed by atoms with E-state index in [4.69, 9.17) is 9.47 Å². The van der Waals surface area contributed by atoms with Gasteiger partial charge in [-0.25, -0.2) is 0 Å². The van der Waals surface area contributed by atoms with Crippen LogP contribution < -0.4 is 19.5 Å². The number of anilines is 1. The molecule has 0 radical (unpaired) electrons. The number of hydrogen-bond donors (Lipinski definition) is 1. The molecule has 1 aliphatic heterocycles. The van der Waals surface area contributed by atoms with Crippen molar-refractivity contribution in [1.29, 1.82) is 0 Å². The number of alkyl halides is 2. The second-order valence-electron chi connectivity index (χ2n) is 4.82. The third-order valence-electron chi connectivity index (χ3n) is 3.17. The second-order valence-corrected chi connectivity index (χ2v) is 4.82. The standard InChI is InChI=1S/C16H13F2NO4/c17-16(18)23-12-4-1-10(2-5-12)7-15(20)19-11-3-6-13-14(8-11)22-9-21-13/h1-6,8,16H,7,9H2,(H,19,20). The Labute approximate surface area is 130 Å². The van der Waals surface area contributed by atoms with Crippen molar-refractivity contribution in [3.05, 3.63) is 48.0 Å². The van der Waals surface area contributed by atoms with E-state index in [-0.39, 0.29) is 24.9 Å². The fraction of sp³-hybridized carbons (Fsp3) is 0.188. The first-order valence-electron chi connectivity index (χ1n) is 6.83. The molecule has 120 valence electrons. The van der Waals surface area contributed by atoms with Crippen LogP contribution >= 0.6 is 0 Å². The molecule has 2 aromatic rings. The van der Waals surface area contributed by atoms with Crippen LogP contribution in [0.4, 0.5) is 14.5 Å². The maximum absolute atomic E-state index is 12.1. The number of rotatable bonds is 5. The minimum absolute atomic E-state index is 0.0555. The van der Waals surface area contributed by atoms with Gasteiger partial charge in [-0.15, -0.1) is 0 Å². The van der Waals surface area contributed by atoms with Crippen LogP contribution in [0.1, 0.15) is 5.56 Å². The van der Waals surface area contributed by atoms with Crippen LogP contribution in [0.25, 0.3) is 0 Å². The predicted molar refractivity (Wildman–Crippen MR) is 78.0 cm³/mol. The van der Waals surface area contributed by atoms with E-state index in [1.54, 1.807) is 30.3 Å². The molecule has 2 aromatic carbocycles. The maximum Gasteiger partial charge on any atom is 0.387 e. The normalized spacial score (nSPS) is 12.3. The van der Waals surface area contributed by atoms with Crippen LogP contribution in [0.15, 0.2) is 42.5 Å². The number of fused-ring (bicyclic) bond motifs is 1. The number of carbonyl (C=O) groups is 1. The number of amides is 1. The highest BCUT2D eigenvalue weighted by molar-refractivity contribution is 5.92. The Hall–Kier alpha value is -2.83. The van der Waals surface area contributed by atoms with Crippen LogP contribution in [0, 0.1) is 0 Å². The summed E-state index contributed by atoms with van der Waals surface area (Å²) in [5.41, 5.74) is 1.28. The molecule has 1 heterocycles. The van der Waals surface area contributed by atoms with E-state index in [0.717, 1.165) is 0 Å². The zero-order valence-corrected chi connectivity index (χ0v) is 11.9. The van der Waals surface area contributed by atoms with E-state index in [1.165, 1.54) is 12.1 Å². The lowest BCUT2D eigenvalue weighted by Gasteiger charge is -2.07. The van der Waals surface area contributed by atoms with Crippen LogP contribution in [-0.4, -0.2) is 19.3 Å². The van der Waals surface area contributed by atoms with Crippen molar-refractivity contribution in [2.75, 3.05) is 12.1 Å². The molecule has 1 N–H and O–H groups in total. The molecule has 0 aromatic heterocycles. The minimum atomic E-state index is -2.87. The summed E-state index contributed by atoms with van der Waals surface area (Å²) in [6, 6.07) is 11.0. The number of halogens is 2. The molecule has 0 unspecified atom stereocenters. The average molecular weight is 321 g/mol. The summed E-state index contributed by atoms with van der Waals surface area (Å²) in [5.74, 6) is 1.04. The van der Waals surface area contributed by atoms with Gasteiger partial charge in [0.1, 0.15) is 5.75 Å². The molecular formula is C16H13F2NO4. The Bertz CT molecular complexity index is 704. The fourth-order valence-corrected chi connectivity index (χ4v) is 2.15. The Morgan fingerprint density at radius 3 is 2.61 bits per heavy atom. The van der Waals surface area contributed by atoms with E-state index in [2.05, 4.69) is 10.1 Å². The van der Waals surface area contributed by atoms with Crippen LogP contribution in [-0.2, 0) is 11.2 Å². The van der Waals surface area contributed by atoms with Crippen molar-refractivity contribution < 1.29 is 27.8 Å². The Morgan fingerprint density at radius 1 is 1.13 bits per heavy atom. The summed E-state index contributed by atoms with van der Waals surface area (Å²) in [4.78, 5) is 12.0. The van der Waals surface area contributed by atoms with E-state index in [0.29, 0.717) is 22.7 Å². The van der Waals surface area contributed by atoms with Gasteiger partial charge in [-0.2, -0.15) is 8.78 Å². The van der Waals surface area contributed by atoms with Gasteiger partial charge in [-0.05, 0) is 29.8 Å². The summed E-state index contributed by atoms with van der Waals surface area (Å²) < 4.78 is 38.8. The van der Waals surface area contributed by atoms with Crippen molar-refractivity contribution in [2.24, 2.45) is 0 Å². The zero-order valence-electron chi connectivity index (χ0n) is 11.9. The van der Waals surface area contributed by atoms with Gasteiger partial charge in [0.05, 0.1) is 6.42 Å². The zero-order chi connectivity index (χ0) is 16.2. The summed E-state index contributed by atoms with van der Waals surface area (Å²) >= 11 is 0. The average Bonchev–Trinajstić information content (AvgIpc) is 2.96. The van der Waals surface area contributed by atoms with Gasteiger partial charge in [-0.1, -0.05) is 12.1 Å². The molecule has 0 spiro atoms. The molecule has 0 saturated heterocycles. The predicted octanol–water partition coefficient (Wildman–Crippen LogP) is 3.20. The topological polar surface area (TPSA) is 56.8 Å². The molecule has 0 aliphatic carbocycles. The SMILES string of the molecule is O=C(Cc1ccc(OC(F)F)cc1)Nc1ccc2c(c1)OCO2. The van der Waals surface area contributed by atoms with Crippen LogP contribution in [0.5, 0.6) is 17.2 Å². The molecule has 1 aliphatic rings. The number of benzene rings is 2. The van der Waals surface area contributed by atoms with Gasteiger partial charge in [0.25, 0.3) is 0 Å². The van der Waals surface area contributed by atoms with Gasteiger partial charge >= 0.3 is 6.61 Å². The molecule has 0 saturated carbocycles. The third kappa shape index (κ3) is 3.88. The van der Waals surface area contributed by atoms with Gasteiger partial charge < -0.3 is 19.5 Å². The third-order valence-corrected chi connectivity index (χ3v) is 3.17. The van der Waals surface area contributed by atoms with Crippen LogP contribution in [0.3, 0.4) is 0 Å². The molecule has 0 bridgehead atoms. The van der Waals surface area contributed by atoms with Crippen molar-refractivity contribution in [2.45, 2.75) is 13.0 Å². The van der Waals surface area contributed by atoms with E-state index < -0.39 is 6.61 Å². The quantitative estimate of drug-likeness (QED) is 0.919. The van der Waals surface area contributed by atoms with E-state index in [1.807, 2.05) is 0 Å².